The lowest BCUT2D eigenvalue weighted by Crippen LogP contribution is -2.55. The minimum atomic E-state index is -0.860. The average molecular weight is 253 g/mol. The van der Waals surface area contributed by atoms with Gasteiger partial charge >= 0.3 is 0 Å². The number of phenols is 1. The van der Waals surface area contributed by atoms with Gasteiger partial charge in [0.15, 0.2) is 0 Å². The highest BCUT2D eigenvalue weighted by Gasteiger charge is 2.34. The molecule has 0 fully saturated rings. The van der Waals surface area contributed by atoms with Gasteiger partial charge in [0.25, 0.3) is 0 Å². The number of methoxy groups -OCH3 is 1. The molecule has 3 N–H and O–H groups in total. The van der Waals surface area contributed by atoms with Crippen LogP contribution >= 0.6 is 0 Å². The maximum atomic E-state index is 10.0. The largest absolute Gasteiger partial charge is 0.508 e. The Morgan fingerprint density at radius 1 is 1.22 bits per heavy atom. The Balaban J connectivity index is 2.80. The highest BCUT2D eigenvalue weighted by Crippen LogP contribution is 2.25. The maximum absolute atomic E-state index is 10.0. The molecule has 0 saturated heterocycles. The second kappa shape index (κ2) is 5.16. The van der Waals surface area contributed by atoms with Gasteiger partial charge in [-0.15, -0.1) is 0 Å². The normalized spacial score (nSPS) is 12.6. The molecule has 0 atom stereocenters. The smallest absolute Gasteiger partial charge is 0.120 e. The van der Waals surface area contributed by atoms with Crippen molar-refractivity contribution in [1.29, 1.82) is 0 Å². The molecule has 1 aromatic rings. The fourth-order valence-corrected chi connectivity index (χ4v) is 1.36. The van der Waals surface area contributed by atoms with Crippen LogP contribution in [0.5, 0.6) is 11.5 Å². The van der Waals surface area contributed by atoms with Crippen LogP contribution < -0.4 is 10.1 Å². The van der Waals surface area contributed by atoms with Crippen LogP contribution in [0.3, 0.4) is 0 Å². The van der Waals surface area contributed by atoms with Crippen LogP contribution in [-0.2, 0) is 6.54 Å². The van der Waals surface area contributed by atoms with Gasteiger partial charge in [-0.2, -0.15) is 0 Å². The molecule has 1 aromatic carbocycles. The molecule has 18 heavy (non-hydrogen) atoms. The summed E-state index contributed by atoms with van der Waals surface area (Å²) >= 11 is 0. The van der Waals surface area contributed by atoms with E-state index in [4.69, 9.17) is 4.74 Å². The maximum Gasteiger partial charge on any atom is 0.120 e. The zero-order chi connectivity index (χ0) is 14.0. The molecule has 0 amide bonds. The number of rotatable bonds is 5. The molecule has 1 rings (SSSR count). The van der Waals surface area contributed by atoms with Crippen molar-refractivity contribution >= 4 is 0 Å². The van der Waals surface area contributed by atoms with E-state index >= 15 is 0 Å². The van der Waals surface area contributed by atoms with E-state index in [0.29, 0.717) is 12.3 Å². The topological polar surface area (TPSA) is 61.7 Å². The van der Waals surface area contributed by atoms with E-state index in [9.17, 15) is 10.2 Å². The lowest BCUT2D eigenvalue weighted by Gasteiger charge is -2.38. The third kappa shape index (κ3) is 3.37. The quantitative estimate of drug-likeness (QED) is 0.751. The molecule has 102 valence electrons. The van der Waals surface area contributed by atoms with Crippen LogP contribution in [-0.4, -0.2) is 28.5 Å². The Hall–Kier alpha value is -1.26. The van der Waals surface area contributed by atoms with E-state index in [1.807, 2.05) is 13.8 Å². The number of hydrogen-bond donors (Lipinski definition) is 3. The summed E-state index contributed by atoms with van der Waals surface area (Å²) in [5.41, 5.74) is -0.587. The van der Waals surface area contributed by atoms with Crippen molar-refractivity contribution in [2.45, 2.75) is 45.4 Å². The molecule has 4 heteroatoms. The van der Waals surface area contributed by atoms with Gasteiger partial charge in [-0.05, 0) is 45.9 Å². The molecule has 0 unspecified atom stereocenters. The minimum Gasteiger partial charge on any atom is -0.508 e. The van der Waals surface area contributed by atoms with Gasteiger partial charge in [0.1, 0.15) is 11.5 Å². The Labute approximate surface area is 109 Å². The lowest BCUT2D eigenvalue weighted by molar-refractivity contribution is -0.00540. The first kappa shape index (κ1) is 14.8. The van der Waals surface area contributed by atoms with Crippen LogP contribution in [0.1, 0.15) is 33.3 Å². The Bertz CT molecular complexity index is 408. The summed E-state index contributed by atoms with van der Waals surface area (Å²) < 4.78 is 5.12. The van der Waals surface area contributed by atoms with Crippen molar-refractivity contribution in [1.82, 2.24) is 5.32 Å². The first-order valence-electron chi connectivity index (χ1n) is 6.00. The molecule has 0 aliphatic rings. The number of nitrogens with one attached hydrogen (secondary N) is 1. The average Bonchev–Trinajstić information content (AvgIpc) is 2.26. The predicted molar refractivity (Wildman–Crippen MR) is 71.9 cm³/mol. The summed E-state index contributed by atoms with van der Waals surface area (Å²) in [6, 6.07) is 5.09. The van der Waals surface area contributed by atoms with Gasteiger partial charge in [0.05, 0.1) is 12.7 Å². The molecule has 0 bridgehead atoms. The van der Waals surface area contributed by atoms with Crippen LogP contribution in [0, 0.1) is 0 Å². The summed E-state index contributed by atoms with van der Waals surface area (Å²) in [7, 11) is 1.59. The van der Waals surface area contributed by atoms with Crippen molar-refractivity contribution in [2.75, 3.05) is 7.11 Å². The number of aliphatic hydroxyl groups is 1. The van der Waals surface area contributed by atoms with Gasteiger partial charge in [0.2, 0.25) is 0 Å². The number of benzene rings is 1. The third-order valence-electron chi connectivity index (χ3n) is 3.54. The summed E-state index contributed by atoms with van der Waals surface area (Å²) in [6.07, 6.45) is 0. The molecule has 0 aromatic heterocycles. The van der Waals surface area contributed by atoms with Crippen LogP contribution in [0.4, 0.5) is 0 Å². The van der Waals surface area contributed by atoms with Crippen molar-refractivity contribution < 1.29 is 14.9 Å². The highest BCUT2D eigenvalue weighted by atomic mass is 16.5. The standard InChI is InChI=1S/C14H23NO3/c1-13(2,14(3,4)17)15-9-10-8-11(18-5)6-7-12(10)16/h6-8,15-17H,9H2,1-5H3. The second-order valence-corrected chi connectivity index (χ2v) is 5.53. The van der Waals surface area contributed by atoms with Crippen LogP contribution in [0.15, 0.2) is 18.2 Å². The van der Waals surface area contributed by atoms with E-state index in [1.165, 1.54) is 0 Å². The zero-order valence-electron chi connectivity index (χ0n) is 11.7. The van der Waals surface area contributed by atoms with E-state index in [0.717, 1.165) is 5.56 Å². The molecule has 0 heterocycles. The summed E-state index contributed by atoms with van der Waals surface area (Å²) in [6.45, 7) is 7.81. The third-order valence-corrected chi connectivity index (χ3v) is 3.54. The molecule has 0 radical (unpaired) electrons. The molecule has 0 aliphatic heterocycles. The van der Waals surface area contributed by atoms with Gasteiger partial charge < -0.3 is 20.3 Å². The zero-order valence-corrected chi connectivity index (χ0v) is 11.7. The van der Waals surface area contributed by atoms with Crippen molar-refractivity contribution in [3.63, 3.8) is 0 Å². The van der Waals surface area contributed by atoms with Crippen molar-refractivity contribution in [3.8, 4) is 11.5 Å². The fourth-order valence-electron chi connectivity index (χ4n) is 1.36. The first-order chi connectivity index (χ1) is 8.17. The van der Waals surface area contributed by atoms with Crippen molar-refractivity contribution in [3.05, 3.63) is 23.8 Å². The Morgan fingerprint density at radius 2 is 1.83 bits per heavy atom. The number of phenolic OH excluding ortho intramolecular Hbond substituents is 1. The monoisotopic (exact) mass is 253 g/mol. The first-order valence-corrected chi connectivity index (χ1v) is 6.00. The van der Waals surface area contributed by atoms with Gasteiger partial charge in [-0.3, -0.25) is 0 Å². The molecule has 4 nitrogen and oxygen atoms in total. The van der Waals surface area contributed by atoms with Crippen LogP contribution in [0.25, 0.3) is 0 Å². The Kier molecular flexibility index (Phi) is 4.24. The molecular formula is C14H23NO3. The molecule has 0 saturated carbocycles. The summed E-state index contributed by atoms with van der Waals surface area (Å²) in [4.78, 5) is 0. The number of ether oxygens (including phenoxy) is 1. The van der Waals surface area contributed by atoms with E-state index < -0.39 is 11.1 Å². The lowest BCUT2D eigenvalue weighted by atomic mass is 9.86. The molecule has 0 spiro atoms. The van der Waals surface area contributed by atoms with Crippen molar-refractivity contribution in [2.24, 2.45) is 0 Å². The van der Waals surface area contributed by atoms with E-state index in [-0.39, 0.29) is 5.75 Å². The second-order valence-electron chi connectivity index (χ2n) is 5.53. The molecular weight excluding hydrogens is 230 g/mol. The molecule has 0 aliphatic carbocycles. The Morgan fingerprint density at radius 3 is 2.33 bits per heavy atom. The SMILES string of the molecule is COc1ccc(O)c(CNC(C)(C)C(C)(C)O)c1. The van der Waals surface area contributed by atoms with E-state index in [1.54, 1.807) is 39.2 Å². The predicted octanol–water partition coefficient (Wildman–Crippen LogP) is 2.04. The number of aromatic hydroxyl groups is 1. The summed E-state index contributed by atoms with van der Waals surface area (Å²) in [5, 5.41) is 23.1. The van der Waals surface area contributed by atoms with Crippen LogP contribution in [0.2, 0.25) is 0 Å². The van der Waals surface area contributed by atoms with Gasteiger partial charge in [0, 0.05) is 17.6 Å². The fraction of sp³-hybridized carbons (Fsp3) is 0.571. The van der Waals surface area contributed by atoms with Gasteiger partial charge in [-0.25, -0.2) is 0 Å². The van der Waals surface area contributed by atoms with E-state index in [2.05, 4.69) is 5.32 Å². The number of hydrogen-bond acceptors (Lipinski definition) is 4. The highest BCUT2D eigenvalue weighted by molar-refractivity contribution is 5.39. The van der Waals surface area contributed by atoms with Gasteiger partial charge in [-0.1, -0.05) is 0 Å². The minimum absolute atomic E-state index is 0.217. The summed E-state index contributed by atoms with van der Waals surface area (Å²) in [5.74, 6) is 0.917.